The van der Waals surface area contributed by atoms with Gasteiger partial charge in [-0.1, -0.05) is 62.2 Å². The number of alkyl halides is 2. The molecule has 0 radical (unpaired) electrons. The molecule has 1 saturated heterocycles. The molecule has 2 saturated carbocycles. The van der Waals surface area contributed by atoms with Crippen LogP contribution in [0.1, 0.15) is 12.0 Å². The van der Waals surface area contributed by atoms with Crippen LogP contribution in [-0.4, -0.2) is 26.4 Å². The van der Waals surface area contributed by atoms with Crippen LogP contribution in [0.4, 0.5) is 0 Å². The Morgan fingerprint density at radius 2 is 1.48 bits per heavy atom. The minimum absolute atomic E-state index is 0.0326. The van der Waals surface area contributed by atoms with Gasteiger partial charge in [0.25, 0.3) is 0 Å². The Labute approximate surface area is 140 Å². The SMILES string of the molecule is O=C1[C@@H]2[C@H]3C[C@@H]([C@H](Br)[C@H]3Br)[C@H]2C(=O)N1Cc1ccccc1. The smallest absolute Gasteiger partial charge is 0.233 e. The molecule has 1 heterocycles. The second-order valence-electron chi connectivity index (χ2n) is 6.25. The number of nitrogens with zero attached hydrogens (tertiary/aromatic N) is 1. The van der Waals surface area contributed by atoms with Crippen LogP contribution < -0.4 is 0 Å². The fraction of sp³-hybridized carbons (Fsp3) is 0.500. The Bertz CT molecular complexity index is 574. The van der Waals surface area contributed by atoms with Crippen molar-refractivity contribution < 1.29 is 9.59 Å². The molecule has 0 unspecified atom stereocenters. The first-order valence-corrected chi connectivity index (χ1v) is 9.10. The zero-order valence-corrected chi connectivity index (χ0v) is 14.5. The van der Waals surface area contributed by atoms with E-state index in [1.165, 1.54) is 4.90 Å². The molecule has 110 valence electrons. The Kier molecular flexibility index (Phi) is 3.26. The van der Waals surface area contributed by atoms with Gasteiger partial charge in [0, 0.05) is 9.65 Å². The lowest BCUT2D eigenvalue weighted by Gasteiger charge is -2.28. The number of imide groups is 1. The number of fused-ring (bicyclic) bond motifs is 5. The van der Waals surface area contributed by atoms with Crippen molar-refractivity contribution in [3.05, 3.63) is 35.9 Å². The van der Waals surface area contributed by atoms with E-state index in [1.807, 2.05) is 30.3 Å². The van der Waals surface area contributed by atoms with Gasteiger partial charge in [0.15, 0.2) is 0 Å². The van der Waals surface area contributed by atoms with E-state index in [0.717, 1.165) is 12.0 Å². The summed E-state index contributed by atoms with van der Waals surface area (Å²) in [4.78, 5) is 27.5. The van der Waals surface area contributed by atoms with E-state index in [9.17, 15) is 9.59 Å². The normalized spacial score (nSPS) is 41.0. The molecule has 2 aliphatic carbocycles. The Balaban J connectivity index is 1.62. The van der Waals surface area contributed by atoms with Gasteiger partial charge in [0.2, 0.25) is 11.8 Å². The maximum atomic E-state index is 12.7. The van der Waals surface area contributed by atoms with Gasteiger partial charge in [0.05, 0.1) is 18.4 Å². The van der Waals surface area contributed by atoms with Gasteiger partial charge >= 0.3 is 0 Å². The summed E-state index contributed by atoms with van der Waals surface area (Å²) in [6, 6.07) is 9.74. The zero-order valence-electron chi connectivity index (χ0n) is 11.3. The van der Waals surface area contributed by atoms with Crippen molar-refractivity contribution in [2.24, 2.45) is 23.7 Å². The van der Waals surface area contributed by atoms with Gasteiger partial charge in [-0.25, -0.2) is 0 Å². The number of rotatable bonds is 2. The van der Waals surface area contributed by atoms with Crippen LogP contribution in [0.3, 0.4) is 0 Å². The number of halogens is 2. The summed E-state index contributed by atoms with van der Waals surface area (Å²) in [5.41, 5.74) is 1.01. The fourth-order valence-corrected chi connectivity index (χ4v) is 6.21. The van der Waals surface area contributed by atoms with Crippen LogP contribution in [0.25, 0.3) is 0 Å². The van der Waals surface area contributed by atoms with E-state index in [1.54, 1.807) is 0 Å². The lowest BCUT2D eigenvalue weighted by molar-refractivity contribution is -0.141. The number of carbonyl (C=O) groups is 2. The molecule has 3 aliphatic rings. The molecule has 1 aromatic rings. The van der Waals surface area contributed by atoms with E-state index in [4.69, 9.17) is 0 Å². The van der Waals surface area contributed by atoms with Crippen LogP contribution in [0.2, 0.25) is 0 Å². The predicted octanol–water partition coefficient (Wildman–Crippen LogP) is 2.96. The van der Waals surface area contributed by atoms with Crippen molar-refractivity contribution in [3.63, 3.8) is 0 Å². The molecule has 1 aliphatic heterocycles. The molecule has 1 aromatic carbocycles. The summed E-state index contributed by atoms with van der Waals surface area (Å²) in [6.07, 6.45) is 0.984. The summed E-state index contributed by atoms with van der Waals surface area (Å²) < 4.78 is 0. The van der Waals surface area contributed by atoms with Crippen LogP contribution in [0, 0.1) is 23.7 Å². The Morgan fingerprint density at radius 3 is 2.00 bits per heavy atom. The van der Waals surface area contributed by atoms with Crippen molar-refractivity contribution in [3.8, 4) is 0 Å². The van der Waals surface area contributed by atoms with Gasteiger partial charge in [-0.2, -0.15) is 0 Å². The van der Waals surface area contributed by atoms with E-state index < -0.39 is 0 Å². The minimum Gasteiger partial charge on any atom is -0.278 e. The summed E-state index contributed by atoms with van der Waals surface area (Å²) in [5.74, 6) is 0.437. The van der Waals surface area contributed by atoms with Gasteiger partial charge < -0.3 is 0 Å². The van der Waals surface area contributed by atoms with E-state index in [-0.39, 0.29) is 23.7 Å². The second kappa shape index (κ2) is 4.92. The van der Waals surface area contributed by atoms with E-state index in [2.05, 4.69) is 31.9 Å². The highest BCUT2D eigenvalue weighted by Crippen LogP contribution is 2.60. The zero-order chi connectivity index (χ0) is 14.7. The van der Waals surface area contributed by atoms with Gasteiger partial charge in [-0.3, -0.25) is 14.5 Å². The first-order valence-electron chi connectivity index (χ1n) is 7.27. The summed E-state index contributed by atoms with van der Waals surface area (Å²) >= 11 is 7.40. The molecule has 0 aromatic heterocycles. The lowest BCUT2D eigenvalue weighted by Crippen LogP contribution is -2.37. The monoisotopic (exact) mass is 411 g/mol. The third-order valence-corrected chi connectivity index (χ3v) is 8.47. The molecular weight excluding hydrogens is 398 g/mol. The summed E-state index contributed by atoms with van der Waals surface area (Å²) in [6.45, 7) is 0.408. The summed E-state index contributed by atoms with van der Waals surface area (Å²) in [5, 5.41) is 0. The van der Waals surface area contributed by atoms with E-state index >= 15 is 0 Å². The molecule has 3 fully saturated rings. The number of hydrogen-bond acceptors (Lipinski definition) is 2. The third-order valence-electron chi connectivity index (χ3n) is 5.26. The van der Waals surface area contributed by atoms with Crippen molar-refractivity contribution in [1.29, 1.82) is 0 Å². The van der Waals surface area contributed by atoms with Gasteiger partial charge in [-0.05, 0) is 23.8 Å². The van der Waals surface area contributed by atoms with Crippen LogP contribution in [0.15, 0.2) is 30.3 Å². The van der Waals surface area contributed by atoms with Crippen LogP contribution in [0.5, 0.6) is 0 Å². The third kappa shape index (κ3) is 1.89. The predicted molar refractivity (Wildman–Crippen MR) is 86.0 cm³/mol. The standard InChI is InChI=1S/C16H15Br2NO2/c17-13-9-6-10(14(13)18)12-11(9)15(20)19(16(12)21)7-8-4-2-1-3-5-8/h1-5,9-14H,6-7H2/t9-,10-,11-,12-,13+,14+/m1/s1. The lowest BCUT2D eigenvalue weighted by atomic mass is 9.81. The Hall–Kier alpha value is -0.680. The van der Waals surface area contributed by atoms with Crippen LogP contribution in [-0.2, 0) is 16.1 Å². The minimum atomic E-state index is -0.107. The molecule has 3 nitrogen and oxygen atoms in total. The maximum absolute atomic E-state index is 12.7. The van der Waals surface area contributed by atoms with Gasteiger partial charge in [-0.15, -0.1) is 0 Å². The Morgan fingerprint density at radius 1 is 0.952 bits per heavy atom. The topological polar surface area (TPSA) is 37.4 Å². The van der Waals surface area contributed by atoms with Crippen molar-refractivity contribution in [2.45, 2.75) is 22.6 Å². The average Bonchev–Trinajstić information content (AvgIpc) is 3.09. The first kappa shape index (κ1) is 13.9. The fourth-order valence-electron chi connectivity index (χ4n) is 4.33. The molecule has 2 bridgehead atoms. The number of amides is 2. The second-order valence-corrected chi connectivity index (χ2v) is 8.37. The highest BCUT2D eigenvalue weighted by molar-refractivity contribution is 9.12. The largest absolute Gasteiger partial charge is 0.278 e. The van der Waals surface area contributed by atoms with E-state index in [0.29, 0.717) is 28.0 Å². The number of hydrogen-bond donors (Lipinski definition) is 0. The van der Waals surface area contributed by atoms with Gasteiger partial charge in [0.1, 0.15) is 0 Å². The molecule has 0 N–H and O–H groups in total. The molecule has 4 rings (SSSR count). The van der Waals surface area contributed by atoms with Crippen LogP contribution >= 0.6 is 31.9 Å². The highest BCUT2D eigenvalue weighted by Gasteiger charge is 2.66. The quantitative estimate of drug-likeness (QED) is 0.553. The molecule has 5 heteroatoms. The molecule has 6 atom stereocenters. The molecule has 21 heavy (non-hydrogen) atoms. The maximum Gasteiger partial charge on any atom is 0.233 e. The number of carbonyl (C=O) groups excluding carboxylic acids is 2. The summed E-state index contributed by atoms with van der Waals surface area (Å²) in [7, 11) is 0. The molecular formula is C16H15Br2NO2. The van der Waals surface area contributed by atoms with Crippen molar-refractivity contribution in [2.75, 3.05) is 0 Å². The molecule has 0 spiro atoms. The van der Waals surface area contributed by atoms with Crippen molar-refractivity contribution in [1.82, 2.24) is 4.90 Å². The number of likely N-dealkylation sites (tertiary alicyclic amines) is 1. The number of benzene rings is 1. The molecule has 2 amide bonds. The highest BCUT2D eigenvalue weighted by atomic mass is 79.9. The average molecular weight is 413 g/mol. The van der Waals surface area contributed by atoms with Crippen molar-refractivity contribution >= 4 is 43.7 Å². The first-order chi connectivity index (χ1) is 10.1.